The highest BCUT2D eigenvalue weighted by molar-refractivity contribution is 9.10. The Morgan fingerprint density at radius 3 is 2.82 bits per heavy atom. The van der Waals surface area contributed by atoms with E-state index in [0.717, 1.165) is 23.0 Å². The summed E-state index contributed by atoms with van der Waals surface area (Å²) in [5.74, 6) is 0. The van der Waals surface area contributed by atoms with Gasteiger partial charge < -0.3 is 5.73 Å². The number of hydrogen-bond acceptors (Lipinski definition) is 2. The van der Waals surface area contributed by atoms with Crippen LogP contribution in [0.5, 0.6) is 0 Å². The number of aryl methyl sites for hydroxylation is 1. The number of nitrogens with zero attached hydrogens (tertiary/aromatic N) is 1. The summed E-state index contributed by atoms with van der Waals surface area (Å²) in [6, 6.07) is 2.13. The van der Waals surface area contributed by atoms with Crippen LogP contribution in [0.1, 0.15) is 28.7 Å². The van der Waals surface area contributed by atoms with Gasteiger partial charge in [0.05, 0.1) is 5.71 Å². The summed E-state index contributed by atoms with van der Waals surface area (Å²) in [6.07, 6.45) is 1.96. The monoisotopic (exact) mass is 311 g/mol. The van der Waals surface area contributed by atoms with Crippen LogP contribution in [0.3, 0.4) is 0 Å². The van der Waals surface area contributed by atoms with Crippen LogP contribution in [-0.2, 0) is 6.42 Å². The molecule has 0 saturated heterocycles. The lowest BCUT2D eigenvalue weighted by Gasteiger charge is -2.10. The summed E-state index contributed by atoms with van der Waals surface area (Å²) in [4.78, 5) is 0. The molecule has 0 heterocycles. The maximum Gasteiger partial charge on any atom is 0.184 e. The fraction of sp³-hybridized carbons (Fsp3) is 0.333. The largest absolute Gasteiger partial charge is 0.375 e. The first-order chi connectivity index (χ1) is 8.00. The molecule has 0 fully saturated rings. The number of thiocarbonyl (C=S) groups is 1. The number of nitrogens with two attached hydrogens (primary N) is 1. The van der Waals surface area contributed by atoms with E-state index >= 15 is 0 Å². The second kappa shape index (κ2) is 4.74. The molecule has 0 aromatic heterocycles. The number of nitrogens with one attached hydrogen (secondary N) is 1. The van der Waals surface area contributed by atoms with Crippen molar-refractivity contribution >= 4 is 39.0 Å². The molecule has 1 aliphatic rings. The molecule has 0 saturated carbocycles. The Bertz CT molecular complexity index is 523. The zero-order valence-corrected chi connectivity index (χ0v) is 12.2. The van der Waals surface area contributed by atoms with Crippen LogP contribution in [0.25, 0.3) is 0 Å². The van der Waals surface area contributed by atoms with E-state index in [9.17, 15) is 0 Å². The molecule has 0 atom stereocenters. The minimum Gasteiger partial charge on any atom is -0.375 e. The van der Waals surface area contributed by atoms with E-state index in [2.05, 4.69) is 46.4 Å². The summed E-state index contributed by atoms with van der Waals surface area (Å²) in [5.41, 5.74) is 14.3. The van der Waals surface area contributed by atoms with Gasteiger partial charge >= 0.3 is 0 Å². The van der Waals surface area contributed by atoms with Crippen molar-refractivity contribution in [2.45, 2.75) is 26.7 Å². The van der Waals surface area contributed by atoms with Gasteiger partial charge in [-0.25, -0.2) is 0 Å². The lowest BCUT2D eigenvalue weighted by atomic mass is 9.99. The van der Waals surface area contributed by atoms with Crippen LogP contribution in [-0.4, -0.2) is 10.8 Å². The summed E-state index contributed by atoms with van der Waals surface area (Å²) >= 11 is 8.35. The molecule has 90 valence electrons. The SMILES string of the molecule is Cc1cc(Br)c(C)c2c1/C(=N/NC(N)=S)CC2. The van der Waals surface area contributed by atoms with Gasteiger partial charge in [-0.05, 0) is 61.7 Å². The average molecular weight is 312 g/mol. The zero-order valence-electron chi connectivity index (χ0n) is 9.80. The fourth-order valence-electron chi connectivity index (χ4n) is 2.26. The van der Waals surface area contributed by atoms with Crippen LogP contribution in [0.2, 0.25) is 0 Å². The van der Waals surface area contributed by atoms with E-state index in [-0.39, 0.29) is 5.11 Å². The highest BCUT2D eigenvalue weighted by Crippen LogP contribution is 2.33. The van der Waals surface area contributed by atoms with E-state index in [1.165, 1.54) is 22.3 Å². The number of fused-ring (bicyclic) bond motifs is 1. The van der Waals surface area contributed by atoms with Crippen LogP contribution in [0.15, 0.2) is 15.6 Å². The summed E-state index contributed by atoms with van der Waals surface area (Å²) < 4.78 is 1.16. The molecule has 0 spiro atoms. The number of halogens is 1. The minimum absolute atomic E-state index is 0.206. The average Bonchev–Trinajstić information content (AvgIpc) is 2.67. The molecule has 1 aliphatic carbocycles. The van der Waals surface area contributed by atoms with E-state index in [4.69, 9.17) is 18.0 Å². The predicted molar refractivity (Wildman–Crippen MR) is 78.4 cm³/mol. The summed E-state index contributed by atoms with van der Waals surface area (Å²) in [5, 5.41) is 4.49. The van der Waals surface area contributed by atoms with Gasteiger partial charge in [-0.1, -0.05) is 15.9 Å². The second-order valence-corrected chi connectivity index (χ2v) is 5.48. The van der Waals surface area contributed by atoms with Crippen molar-refractivity contribution in [3.05, 3.63) is 32.8 Å². The molecule has 3 nitrogen and oxygen atoms in total. The fourth-order valence-corrected chi connectivity index (χ4v) is 2.89. The van der Waals surface area contributed by atoms with Gasteiger partial charge in [0.1, 0.15) is 0 Å². The molecule has 0 radical (unpaired) electrons. The Balaban J connectivity index is 2.48. The van der Waals surface area contributed by atoms with Crippen molar-refractivity contribution in [3.8, 4) is 0 Å². The summed E-state index contributed by atoms with van der Waals surface area (Å²) in [7, 11) is 0. The quantitative estimate of drug-likeness (QED) is 0.619. The third-order valence-electron chi connectivity index (χ3n) is 3.05. The Hall–Kier alpha value is -0.940. The lowest BCUT2D eigenvalue weighted by Crippen LogP contribution is -2.25. The molecule has 0 unspecified atom stereocenters. The molecule has 5 heteroatoms. The Labute approximate surface area is 115 Å². The second-order valence-electron chi connectivity index (χ2n) is 4.19. The first-order valence-electron chi connectivity index (χ1n) is 5.41. The molecule has 3 N–H and O–H groups in total. The van der Waals surface area contributed by atoms with Crippen LogP contribution >= 0.6 is 28.1 Å². The van der Waals surface area contributed by atoms with Gasteiger partial charge in [0.15, 0.2) is 5.11 Å². The predicted octanol–water partition coefficient (Wildman–Crippen LogP) is 2.55. The first-order valence-corrected chi connectivity index (χ1v) is 6.61. The number of rotatable bonds is 1. The van der Waals surface area contributed by atoms with E-state index in [1.807, 2.05) is 0 Å². The Kier molecular flexibility index (Phi) is 3.49. The molecular weight excluding hydrogens is 298 g/mol. The van der Waals surface area contributed by atoms with Crippen molar-refractivity contribution in [1.29, 1.82) is 0 Å². The standard InChI is InChI=1S/C12H14BrN3S/c1-6-5-9(13)7(2)8-3-4-10(11(6)8)15-16-12(14)17/h5H,3-4H2,1-2H3,(H3,14,16,17)/b15-10+. The minimum atomic E-state index is 0.206. The van der Waals surface area contributed by atoms with Gasteiger partial charge in [-0.15, -0.1) is 0 Å². The van der Waals surface area contributed by atoms with Crippen molar-refractivity contribution in [2.24, 2.45) is 10.8 Å². The van der Waals surface area contributed by atoms with Crippen molar-refractivity contribution in [1.82, 2.24) is 5.43 Å². The van der Waals surface area contributed by atoms with E-state index < -0.39 is 0 Å². The number of hydrazone groups is 1. The lowest BCUT2D eigenvalue weighted by molar-refractivity contribution is 1.00. The molecule has 1 aromatic rings. The normalized spacial score (nSPS) is 16.1. The van der Waals surface area contributed by atoms with Gasteiger partial charge in [0, 0.05) is 10.0 Å². The van der Waals surface area contributed by atoms with E-state index in [0.29, 0.717) is 0 Å². The van der Waals surface area contributed by atoms with Crippen LogP contribution in [0.4, 0.5) is 0 Å². The first kappa shape index (κ1) is 12.5. The van der Waals surface area contributed by atoms with Crippen LogP contribution in [0, 0.1) is 13.8 Å². The highest BCUT2D eigenvalue weighted by Gasteiger charge is 2.23. The van der Waals surface area contributed by atoms with E-state index in [1.54, 1.807) is 0 Å². The molecule has 0 aliphatic heterocycles. The van der Waals surface area contributed by atoms with Crippen molar-refractivity contribution in [3.63, 3.8) is 0 Å². The molecule has 2 rings (SSSR count). The summed E-state index contributed by atoms with van der Waals surface area (Å²) in [6.45, 7) is 4.23. The third-order valence-corrected chi connectivity index (χ3v) is 3.97. The van der Waals surface area contributed by atoms with Gasteiger partial charge in [-0.2, -0.15) is 5.10 Å². The molecule has 0 amide bonds. The maximum atomic E-state index is 5.39. The Morgan fingerprint density at radius 2 is 2.18 bits per heavy atom. The van der Waals surface area contributed by atoms with Crippen molar-refractivity contribution in [2.75, 3.05) is 0 Å². The molecule has 1 aromatic carbocycles. The molecule has 0 bridgehead atoms. The zero-order chi connectivity index (χ0) is 12.6. The third kappa shape index (κ3) is 2.35. The Morgan fingerprint density at radius 1 is 1.47 bits per heavy atom. The smallest absolute Gasteiger partial charge is 0.184 e. The van der Waals surface area contributed by atoms with Crippen molar-refractivity contribution < 1.29 is 0 Å². The van der Waals surface area contributed by atoms with Gasteiger partial charge in [0.2, 0.25) is 0 Å². The topological polar surface area (TPSA) is 50.4 Å². The maximum absolute atomic E-state index is 5.39. The van der Waals surface area contributed by atoms with Crippen LogP contribution < -0.4 is 11.2 Å². The van der Waals surface area contributed by atoms with Gasteiger partial charge in [0.25, 0.3) is 0 Å². The molecular formula is C12H14BrN3S. The number of hydrogen-bond donors (Lipinski definition) is 2. The van der Waals surface area contributed by atoms with Gasteiger partial charge in [-0.3, -0.25) is 5.43 Å². The number of benzene rings is 1. The molecule has 17 heavy (non-hydrogen) atoms. The highest BCUT2D eigenvalue weighted by atomic mass is 79.9.